The van der Waals surface area contributed by atoms with Crippen molar-refractivity contribution in [3.63, 3.8) is 0 Å². The summed E-state index contributed by atoms with van der Waals surface area (Å²) in [6, 6.07) is 4.27. The van der Waals surface area contributed by atoms with Crippen LogP contribution < -0.4 is 20.5 Å². The van der Waals surface area contributed by atoms with Gasteiger partial charge in [0.1, 0.15) is 11.5 Å². The average Bonchev–Trinajstić information content (AvgIpc) is 2.65. The number of nitrogen functional groups attached to an aromatic ring is 1. The van der Waals surface area contributed by atoms with Gasteiger partial charge in [-0.15, -0.1) is 0 Å². The van der Waals surface area contributed by atoms with Crippen LogP contribution in [0.5, 0.6) is 17.2 Å². The van der Waals surface area contributed by atoms with Gasteiger partial charge in [-0.2, -0.15) is 4.98 Å². The number of hydrogen-bond acceptors (Lipinski definition) is 7. The summed E-state index contributed by atoms with van der Waals surface area (Å²) >= 11 is 0. The third-order valence-corrected chi connectivity index (χ3v) is 4.71. The van der Waals surface area contributed by atoms with Gasteiger partial charge < -0.3 is 25.3 Å². The summed E-state index contributed by atoms with van der Waals surface area (Å²) in [6.07, 6.45) is 3.48. The molecular formula is C20H28N4O3. The minimum absolute atomic E-state index is 0.293. The highest BCUT2D eigenvalue weighted by Crippen LogP contribution is 2.37. The largest absolute Gasteiger partial charge is 0.496 e. The molecule has 3 rings (SSSR count). The van der Waals surface area contributed by atoms with Gasteiger partial charge in [-0.25, -0.2) is 4.98 Å². The molecule has 2 heterocycles. The van der Waals surface area contributed by atoms with E-state index >= 15 is 0 Å². The highest BCUT2D eigenvalue weighted by Gasteiger charge is 2.17. The number of methoxy groups -OCH3 is 1. The van der Waals surface area contributed by atoms with Crippen molar-refractivity contribution in [2.45, 2.75) is 45.6 Å². The first-order valence-electron chi connectivity index (χ1n) is 9.31. The first kappa shape index (κ1) is 19.2. The first-order chi connectivity index (χ1) is 13.0. The second-order valence-electron chi connectivity index (χ2n) is 7.09. The molecule has 7 nitrogen and oxygen atoms in total. The Bertz CT molecular complexity index is 789. The van der Waals surface area contributed by atoms with Crippen LogP contribution in [0.4, 0.5) is 11.8 Å². The number of nitrogens with one attached hydrogen (secondary N) is 1. The molecule has 146 valence electrons. The van der Waals surface area contributed by atoms with Crippen molar-refractivity contribution in [1.82, 2.24) is 9.97 Å². The highest BCUT2D eigenvalue weighted by atomic mass is 16.5. The predicted octanol–water partition coefficient (Wildman–Crippen LogP) is 3.88. The fraction of sp³-hybridized carbons (Fsp3) is 0.500. The molecule has 1 fully saturated rings. The average molecular weight is 372 g/mol. The molecule has 0 atom stereocenters. The zero-order chi connectivity index (χ0) is 19.4. The number of aromatic nitrogens is 2. The van der Waals surface area contributed by atoms with Crippen molar-refractivity contribution in [3.8, 4) is 17.2 Å². The summed E-state index contributed by atoms with van der Waals surface area (Å²) in [5, 5.41) is 3.31. The molecule has 0 radical (unpaired) electrons. The van der Waals surface area contributed by atoms with E-state index in [0.717, 1.165) is 42.9 Å². The van der Waals surface area contributed by atoms with Crippen LogP contribution in [0.15, 0.2) is 18.3 Å². The molecule has 27 heavy (non-hydrogen) atoms. The van der Waals surface area contributed by atoms with Crippen LogP contribution in [0.3, 0.4) is 0 Å². The Kier molecular flexibility index (Phi) is 6.01. The van der Waals surface area contributed by atoms with Crippen LogP contribution >= 0.6 is 0 Å². The number of nitrogens with zero attached hydrogens (tertiary/aromatic N) is 2. The maximum Gasteiger partial charge on any atom is 0.225 e. The van der Waals surface area contributed by atoms with Gasteiger partial charge in [0.25, 0.3) is 0 Å². The Balaban J connectivity index is 1.81. The van der Waals surface area contributed by atoms with Gasteiger partial charge in [0.05, 0.1) is 13.3 Å². The molecule has 0 amide bonds. The smallest absolute Gasteiger partial charge is 0.225 e. The lowest BCUT2D eigenvalue weighted by Gasteiger charge is -2.23. The summed E-state index contributed by atoms with van der Waals surface area (Å²) in [6.45, 7) is 7.76. The van der Waals surface area contributed by atoms with E-state index < -0.39 is 0 Å². The molecule has 1 saturated heterocycles. The molecule has 7 heteroatoms. The van der Waals surface area contributed by atoms with Crippen molar-refractivity contribution >= 4 is 11.8 Å². The standard InChI is InChI=1S/C20H28N4O3/c1-12(2)15-9-13(3)16(25-4)10-17(15)27-18-11-22-20(24-19(18)21)23-14-5-7-26-8-6-14/h9-12,14H,5-8H2,1-4H3,(H3,21,22,23,24). The normalized spacial score (nSPS) is 15.0. The molecular weight excluding hydrogens is 344 g/mol. The minimum Gasteiger partial charge on any atom is -0.496 e. The molecule has 0 unspecified atom stereocenters. The Labute approximate surface area is 160 Å². The maximum atomic E-state index is 6.13. The van der Waals surface area contributed by atoms with Crippen molar-refractivity contribution in [2.24, 2.45) is 0 Å². The van der Waals surface area contributed by atoms with Gasteiger partial charge in [-0.05, 0) is 42.9 Å². The quantitative estimate of drug-likeness (QED) is 0.795. The van der Waals surface area contributed by atoms with E-state index in [4.69, 9.17) is 19.9 Å². The van der Waals surface area contributed by atoms with Gasteiger partial charge in [0.15, 0.2) is 11.6 Å². The molecule has 1 aliphatic heterocycles. The van der Waals surface area contributed by atoms with Gasteiger partial charge in [-0.1, -0.05) is 13.8 Å². The second kappa shape index (κ2) is 8.43. The van der Waals surface area contributed by atoms with Crippen LogP contribution in [-0.4, -0.2) is 36.3 Å². The number of hydrogen-bond donors (Lipinski definition) is 2. The Morgan fingerprint density at radius 3 is 2.56 bits per heavy atom. The van der Waals surface area contributed by atoms with Crippen molar-refractivity contribution in [2.75, 3.05) is 31.4 Å². The molecule has 1 aromatic heterocycles. The lowest BCUT2D eigenvalue weighted by atomic mass is 9.99. The molecule has 2 aromatic rings. The van der Waals surface area contributed by atoms with Gasteiger partial charge in [-0.3, -0.25) is 0 Å². The first-order valence-corrected chi connectivity index (χ1v) is 9.31. The molecule has 0 saturated carbocycles. The van der Waals surface area contributed by atoms with E-state index in [0.29, 0.717) is 35.2 Å². The van der Waals surface area contributed by atoms with E-state index in [1.807, 2.05) is 13.0 Å². The molecule has 1 aromatic carbocycles. The summed E-state index contributed by atoms with van der Waals surface area (Å²) in [7, 11) is 1.65. The van der Waals surface area contributed by atoms with Crippen LogP contribution in [0.1, 0.15) is 43.7 Å². The number of nitrogens with two attached hydrogens (primary N) is 1. The predicted molar refractivity (Wildman–Crippen MR) is 106 cm³/mol. The van der Waals surface area contributed by atoms with E-state index in [1.165, 1.54) is 0 Å². The maximum absolute atomic E-state index is 6.13. The fourth-order valence-electron chi connectivity index (χ4n) is 3.13. The number of rotatable bonds is 6. The number of benzene rings is 1. The van der Waals surface area contributed by atoms with Crippen LogP contribution in [0.2, 0.25) is 0 Å². The van der Waals surface area contributed by atoms with Gasteiger partial charge in [0.2, 0.25) is 5.95 Å². The molecule has 0 aliphatic carbocycles. The number of anilines is 2. The minimum atomic E-state index is 0.293. The lowest BCUT2D eigenvalue weighted by Crippen LogP contribution is -2.28. The zero-order valence-corrected chi connectivity index (χ0v) is 16.4. The van der Waals surface area contributed by atoms with E-state index in [2.05, 4.69) is 35.2 Å². The topological polar surface area (TPSA) is 91.5 Å². The zero-order valence-electron chi connectivity index (χ0n) is 16.4. The fourth-order valence-corrected chi connectivity index (χ4v) is 3.13. The Morgan fingerprint density at radius 1 is 1.19 bits per heavy atom. The van der Waals surface area contributed by atoms with Crippen molar-refractivity contribution in [1.29, 1.82) is 0 Å². The molecule has 0 bridgehead atoms. The second-order valence-corrected chi connectivity index (χ2v) is 7.09. The number of ether oxygens (including phenoxy) is 3. The number of aryl methyl sites for hydroxylation is 1. The van der Waals surface area contributed by atoms with E-state index in [9.17, 15) is 0 Å². The Hall–Kier alpha value is -2.54. The third kappa shape index (κ3) is 4.60. The summed E-state index contributed by atoms with van der Waals surface area (Å²) in [4.78, 5) is 8.72. The van der Waals surface area contributed by atoms with Gasteiger partial charge >= 0.3 is 0 Å². The van der Waals surface area contributed by atoms with Crippen molar-refractivity contribution in [3.05, 3.63) is 29.5 Å². The van der Waals surface area contributed by atoms with E-state index in [1.54, 1.807) is 13.3 Å². The summed E-state index contributed by atoms with van der Waals surface area (Å²) in [5.74, 6) is 3.01. The van der Waals surface area contributed by atoms with Crippen LogP contribution in [0, 0.1) is 6.92 Å². The summed E-state index contributed by atoms with van der Waals surface area (Å²) < 4.78 is 16.9. The summed E-state index contributed by atoms with van der Waals surface area (Å²) in [5.41, 5.74) is 8.27. The van der Waals surface area contributed by atoms with Crippen LogP contribution in [-0.2, 0) is 4.74 Å². The molecule has 3 N–H and O–H groups in total. The van der Waals surface area contributed by atoms with Gasteiger partial charge in [0, 0.05) is 25.3 Å². The molecule has 0 spiro atoms. The van der Waals surface area contributed by atoms with Crippen molar-refractivity contribution < 1.29 is 14.2 Å². The molecule has 1 aliphatic rings. The lowest BCUT2D eigenvalue weighted by molar-refractivity contribution is 0.0903. The van der Waals surface area contributed by atoms with E-state index in [-0.39, 0.29) is 0 Å². The Morgan fingerprint density at radius 2 is 1.93 bits per heavy atom. The van der Waals surface area contributed by atoms with Crippen LogP contribution in [0.25, 0.3) is 0 Å². The third-order valence-electron chi connectivity index (χ3n) is 4.71. The highest BCUT2D eigenvalue weighted by molar-refractivity contribution is 5.54. The monoisotopic (exact) mass is 372 g/mol. The SMILES string of the molecule is COc1cc(Oc2cnc(NC3CCOCC3)nc2N)c(C(C)C)cc1C.